The second kappa shape index (κ2) is 9.74. The van der Waals surface area contributed by atoms with E-state index in [0.29, 0.717) is 30.1 Å². The van der Waals surface area contributed by atoms with Crippen LogP contribution < -0.4 is 15.4 Å². The van der Waals surface area contributed by atoms with E-state index in [0.717, 1.165) is 42.3 Å². The van der Waals surface area contributed by atoms with Gasteiger partial charge in [-0.3, -0.25) is 9.78 Å². The first-order chi connectivity index (χ1) is 16.9. The van der Waals surface area contributed by atoms with Gasteiger partial charge in [0.1, 0.15) is 6.07 Å². The highest BCUT2D eigenvalue weighted by Gasteiger charge is 2.44. The summed E-state index contributed by atoms with van der Waals surface area (Å²) in [5.74, 6) is 0.126. The molecule has 5 rings (SSSR count). The molecule has 35 heavy (non-hydrogen) atoms. The van der Waals surface area contributed by atoms with Crippen molar-refractivity contribution in [2.75, 3.05) is 25.0 Å². The summed E-state index contributed by atoms with van der Waals surface area (Å²) >= 11 is 0. The molecule has 1 aliphatic carbocycles. The Morgan fingerprint density at radius 2 is 2.00 bits per heavy atom. The van der Waals surface area contributed by atoms with Gasteiger partial charge >= 0.3 is 0 Å². The van der Waals surface area contributed by atoms with Gasteiger partial charge in [0.2, 0.25) is 15.9 Å². The number of aromatic nitrogens is 1. The smallest absolute Gasteiger partial charge is 0.240 e. The number of sulfonamides is 1. The van der Waals surface area contributed by atoms with Crippen LogP contribution in [-0.4, -0.2) is 38.9 Å². The predicted molar refractivity (Wildman–Crippen MR) is 133 cm³/mol. The lowest BCUT2D eigenvalue weighted by molar-refractivity contribution is -0.117. The zero-order valence-corrected chi connectivity index (χ0v) is 20.0. The van der Waals surface area contributed by atoms with Gasteiger partial charge in [-0.1, -0.05) is 18.2 Å². The number of pyridine rings is 1. The van der Waals surface area contributed by atoms with Gasteiger partial charge in [-0.25, -0.2) is 13.1 Å². The third-order valence-corrected chi connectivity index (χ3v) is 8.29. The van der Waals surface area contributed by atoms with E-state index in [9.17, 15) is 18.5 Å². The van der Waals surface area contributed by atoms with Crippen LogP contribution in [0.5, 0.6) is 0 Å². The number of rotatable bonds is 7. The molecule has 3 aromatic rings. The van der Waals surface area contributed by atoms with Crippen molar-refractivity contribution in [2.24, 2.45) is 11.8 Å². The Bertz CT molecular complexity index is 1390. The van der Waals surface area contributed by atoms with E-state index in [1.54, 1.807) is 42.6 Å². The molecule has 9 heteroatoms. The fourth-order valence-electron chi connectivity index (χ4n) is 4.72. The fourth-order valence-corrected chi connectivity index (χ4v) is 5.84. The number of fused-ring (bicyclic) bond motifs is 1. The molecule has 0 spiro atoms. The number of benzene rings is 2. The molecule has 180 valence electrons. The maximum atomic E-state index is 12.8. The summed E-state index contributed by atoms with van der Waals surface area (Å²) in [7, 11) is -3.56. The molecule has 1 saturated heterocycles. The lowest BCUT2D eigenvalue weighted by Crippen LogP contribution is -2.38. The molecule has 1 saturated carbocycles. The van der Waals surface area contributed by atoms with Crippen molar-refractivity contribution in [3.05, 3.63) is 66.0 Å². The molecule has 2 heterocycles. The highest BCUT2D eigenvalue weighted by Crippen LogP contribution is 2.48. The molecular formula is C26H27N5O3S. The minimum absolute atomic E-state index is 0.0624. The van der Waals surface area contributed by atoms with Crippen molar-refractivity contribution >= 4 is 32.4 Å². The summed E-state index contributed by atoms with van der Waals surface area (Å²) < 4.78 is 28.1. The zero-order valence-electron chi connectivity index (χ0n) is 19.2. The molecule has 3 N–H and O–H groups in total. The molecule has 1 unspecified atom stereocenters. The van der Waals surface area contributed by atoms with Crippen molar-refractivity contribution in [1.29, 1.82) is 5.26 Å². The van der Waals surface area contributed by atoms with E-state index in [-0.39, 0.29) is 22.6 Å². The quantitative estimate of drug-likeness (QED) is 0.468. The summed E-state index contributed by atoms with van der Waals surface area (Å²) in [4.78, 5) is 17.1. The Labute approximate surface area is 204 Å². The van der Waals surface area contributed by atoms with Crippen molar-refractivity contribution < 1.29 is 13.2 Å². The normalized spacial score (nSPS) is 21.9. The summed E-state index contributed by atoms with van der Waals surface area (Å²) in [5, 5.41) is 17.1. The number of carbonyl (C=O) groups is 1. The summed E-state index contributed by atoms with van der Waals surface area (Å²) in [6.45, 7) is 2.26. The molecule has 3 atom stereocenters. The van der Waals surface area contributed by atoms with Crippen LogP contribution in [0.2, 0.25) is 0 Å². The lowest BCUT2D eigenvalue weighted by atomic mass is 10.0. The average molecular weight is 490 g/mol. The highest BCUT2D eigenvalue weighted by molar-refractivity contribution is 7.89. The molecule has 0 bridgehead atoms. The zero-order chi connectivity index (χ0) is 24.4. The standard InChI is InChI=1S/C26H27N5O3S/c27-12-20-16-29-15-19-3-6-21(10-23(19)20)31-26(32)25-11-24(25)18-4-7-22(8-5-18)35(33,34)30-14-17-2-1-9-28-13-17/h3-8,10,15-17,24-25,28,30H,1-2,9,11,13-14H2,(H,31,32)/t17-,24?,25-/m1/s1. The number of hydrogen-bond donors (Lipinski definition) is 3. The Kier molecular flexibility index (Phi) is 6.52. The number of nitrogens with one attached hydrogen (secondary N) is 3. The number of amides is 1. The summed E-state index contributed by atoms with van der Waals surface area (Å²) in [6.07, 6.45) is 6.00. The minimum Gasteiger partial charge on any atom is -0.326 e. The van der Waals surface area contributed by atoms with Crippen LogP contribution in [0.25, 0.3) is 10.8 Å². The van der Waals surface area contributed by atoms with Gasteiger partial charge in [0.15, 0.2) is 0 Å². The monoisotopic (exact) mass is 489 g/mol. The van der Waals surface area contributed by atoms with E-state index in [2.05, 4.69) is 26.4 Å². The molecule has 1 aromatic heterocycles. The van der Waals surface area contributed by atoms with Crippen molar-refractivity contribution in [1.82, 2.24) is 15.0 Å². The summed E-state index contributed by atoms with van der Waals surface area (Å²) in [6, 6.07) is 14.4. The number of nitriles is 1. The van der Waals surface area contributed by atoms with Crippen LogP contribution in [0, 0.1) is 23.2 Å². The Morgan fingerprint density at radius 3 is 2.74 bits per heavy atom. The number of hydrogen-bond acceptors (Lipinski definition) is 6. The number of carbonyl (C=O) groups excluding carboxylic acids is 1. The topological polar surface area (TPSA) is 124 Å². The molecule has 2 aliphatic rings. The lowest BCUT2D eigenvalue weighted by Gasteiger charge is -2.22. The van der Waals surface area contributed by atoms with Crippen LogP contribution in [0.15, 0.2) is 59.8 Å². The van der Waals surface area contributed by atoms with Gasteiger partial charge in [-0.15, -0.1) is 0 Å². The number of piperidine rings is 1. The van der Waals surface area contributed by atoms with Crippen molar-refractivity contribution in [3.63, 3.8) is 0 Å². The van der Waals surface area contributed by atoms with E-state index in [4.69, 9.17) is 0 Å². The maximum absolute atomic E-state index is 12.8. The van der Waals surface area contributed by atoms with Gasteiger partial charge in [-0.2, -0.15) is 5.26 Å². The second-order valence-electron chi connectivity index (χ2n) is 9.31. The number of anilines is 1. The first-order valence-electron chi connectivity index (χ1n) is 11.8. The van der Waals surface area contributed by atoms with Gasteiger partial charge in [-0.05, 0) is 74.0 Å². The van der Waals surface area contributed by atoms with E-state index >= 15 is 0 Å². The Hall–Kier alpha value is -3.32. The molecule has 1 aliphatic heterocycles. The van der Waals surface area contributed by atoms with Crippen LogP contribution >= 0.6 is 0 Å². The van der Waals surface area contributed by atoms with Crippen molar-refractivity contribution in [3.8, 4) is 6.07 Å². The summed E-state index contributed by atoms with van der Waals surface area (Å²) in [5.41, 5.74) is 2.05. The van der Waals surface area contributed by atoms with E-state index in [1.807, 2.05) is 6.07 Å². The molecule has 2 aromatic carbocycles. The van der Waals surface area contributed by atoms with Gasteiger partial charge < -0.3 is 10.6 Å². The molecule has 1 amide bonds. The minimum atomic E-state index is -3.56. The van der Waals surface area contributed by atoms with Crippen LogP contribution in [0.1, 0.15) is 36.3 Å². The van der Waals surface area contributed by atoms with E-state index in [1.165, 1.54) is 6.20 Å². The maximum Gasteiger partial charge on any atom is 0.240 e. The molecule has 0 radical (unpaired) electrons. The van der Waals surface area contributed by atoms with E-state index < -0.39 is 10.0 Å². The predicted octanol–water partition coefficient (Wildman–Crippen LogP) is 3.13. The first kappa shape index (κ1) is 23.4. The van der Waals surface area contributed by atoms with Gasteiger partial charge in [0, 0.05) is 41.3 Å². The van der Waals surface area contributed by atoms with Crippen molar-refractivity contribution in [2.45, 2.75) is 30.1 Å². The molecule has 2 fully saturated rings. The third-order valence-electron chi connectivity index (χ3n) is 6.86. The Balaban J connectivity index is 1.20. The van der Waals surface area contributed by atoms with Crippen LogP contribution in [-0.2, 0) is 14.8 Å². The average Bonchev–Trinajstić information content (AvgIpc) is 3.69. The van der Waals surface area contributed by atoms with Gasteiger partial charge in [0.05, 0.1) is 10.5 Å². The van der Waals surface area contributed by atoms with Gasteiger partial charge in [0.25, 0.3) is 0 Å². The van der Waals surface area contributed by atoms with Crippen LogP contribution in [0.3, 0.4) is 0 Å². The van der Waals surface area contributed by atoms with Crippen LogP contribution in [0.4, 0.5) is 5.69 Å². The molecular weight excluding hydrogens is 462 g/mol. The second-order valence-corrected chi connectivity index (χ2v) is 11.1. The Morgan fingerprint density at radius 1 is 1.17 bits per heavy atom. The largest absolute Gasteiger partial charge is 0.326 e. The first-order valence-corrected chi connectivity index (χ1v) is 13.3. The molecule has 8 nitrogen and oxygen atoms in total. The SMILES string of the molecule is N#Cc1cncc2ccc(NC(=O)[C@@H]3CC3c3ccc(S(=O)(=O)NC[C@@H]4CCCNC4)cc3)cc12. The number of nitrogens with zero attached hydrogens (tertiary/aromatic N) is 2. The highest BCUT2D eigenvalue weighted by atomic mass is 32.2. The third kappa shape index (κ3) is 5.20. The fraction of sp³-hybridized carbons (Fsp3) is 0.346.